The first-order chi connectivity index (χ1) is 15.5. The summed E-state index contributed by atoms with van der Waals surface area (Å²) >= 11 is 0. The van der Waals surface area contributed by atoms with Gasteiger partial charge in [-0.25, -0.2) is 10.6 Å². The molecule has 33 heavy (non-hydrogen) atoms. The Morgan fingerprint density at radius 2 is 1.91 bits per heavy atom. The molecule has 9 nitrogen and oxygen atoms in total. The summed E-state index contributed by atoms with van der Waals surface area (Å²) in [5.74, 6) is 4.41. The number of rotatable bonds is 9. The maximum Gasteiger partial charge on any atom is 0.336 e. The maximum atomic E-state index is 13.0. The van der Waals surface area contributed by atoms with Crippen LogP contribution in [0.5, 0.6) is 0 Å². The Hall–Kier alpha value is -3.69. The third-order valence-corrected chi connectivity index (χ3v) is 4.82. The Labute approximate surface area is 196 Å². The lowest BCUT2D eigenvalue weighted by Gasteiger charge is -2.18. The van der Waals surface area contributed by atoms with Crippen molar-refractivity contribution in [1.29, 1.82) is 0 Å². The summed E-state index contributed by atoms with van der Waals surface area (Å²) in [7, 11) is 0. The van der Waals surface area contributed by atoms with Crippen molar-refractivity contribution in [2.75, 3.05) is 11.9 Å². The van der Waals surface area contributed by atoms with Crippen molar-refractivity contribution >= 4 is 47.2 Å². The molecule has 0 radical (unpaired) electrons. The topological polar surface area (TPSA) is 139 Å². The van der Waals surface area contributed by atoms with Gasteiger partial charge in [0.1, 0.15) is 11.6 Å². The molecule has 1 atom stereocenters. The van der Waals surface area contributed by atoms with E-state index in [1.54, 1.807) is 42.5 Å². The SMILES string of the molecule is Cc1cc(=O)oc2cc(NC(=O)C(CCCN=CNN)NC(=O)c3ccccc3)ccc12.Cl. The molecule has 3 aromatic rings. The molecule has 2 amide bonds. The largest absolute Gasteiger partial charge is 0.423 e. The average molecular weight is 472 g/mol. The van der Waals surface area contributed by atoms with Crippen LogP contribution in [0.3, 0.4) is 0 Å². The third kappa shape index (κ3) is 7.16. The quantitative estimate of drug-likeness (QED) is 0.0944. The first kappa shape index (κ1) is 25.6. The number of hydrazine groups is 1. The minimum Gasteiger partial charge on any atom is -0.423 e. The molecule has 0 spiro atoms. The van der Waals surface area contributed by atoms with Crippen LogP contribution >= 0.6 is 12.4 Å². The monoisotopic (exact) mass is 471 g/mol. The van der Waals surface area contributed by atoms with Gasteiger partial charge in [-0.15, -0.1) is 12.4 Å². The standard InChI is InChI=1S/C23H25N5O4.ClH/c1-15-12-21(29)32-20-13-17(9-10-18(15)20)27-23(31)19(8-5-11-25-14-26-24)28-22(30)16-6-3-2-4-7-16;/h2-4,6-7,9-10,12-14,19H,5,8,11,24H2,1H3,(H,25,26)(H,27,31)(H,28,30);1H. The van der Waals surface area contributed by atoms with Gasteiger partial charge in [-0.1, -0.05) is 18.2 Å². The molecule has 0 aliphatic carbocycles. The summed E-state index contributed by atoms with van der Waals surface area (Å²) in [6.45, 7) is 2.25. The zero-order valence-corrected chi connectivity index (χ0v) is 18.9. The lowest BCUT2D eigenvalue weighted by molar-refractivity contribution is -0.118. The van der Waals surface area contributed by atoms with E-state index < -0.39 is 11.7 Å². The Morgan fingerprint density at radius 1 is 1.15 bits per heavy atom. The number of aryl methyl sites for hydroxylation is 1. The van der Waals surface area contributed by atoms with Gasteiger partial charge in [-0.05, 0) is 49.6 Å². The molecule has 10 heteroatoms. The third-order valence-electron chi connectivity index (χ3n) is 4.82. The second-order valence-electron chi connectivity index (χ2n) is 7.18. The first-order valence-corrected chi connectivity index (χ1v) is 10.1. The van der Waals surface area contributed by atoms with Crippen LogP contribution in [0.15, 0.2) is 68.8 Å². The van der Waals surface area contributed by atoms with Crippen LogP contribution in [0.1, 0.15) is 28.8 Å². The Morgan fingerprint density at radius 3 is 2.64 bits per heavy atom. The van der Waals surface area contributed by atoms with Crippen molar-refractivity contribution in [1.82, 2.24) is 10.7 Å². The molecule has 0 aliphatic heterocycles. The van der Waals surface area contributed by atoms with E-state index in [-0.39, 0.29) is 24.2 Å². The van der Waals surface area contributed by atoms with Crippen LogP contribution in [-0.2, 0) is 4.79 Å². The van der Waals surface area contributed by atoms with E-state index in [4.69, 9.17) is 10.3 Å². The highest BCUT2D eigenvalue weighted by atomic mass is 35.5. The van der Waals surface area contributed by atoms with Gasteiger partial charge < -0.3 is 20.5 Å². The fourth-order valence-electron chi connectivity index (χ4n) is 3.24. The molecule has 0 saturated carbocycles. The minimum atomic E-state index is -0.788. The van der Waals surface area contributed by atoms with E-state index in [1.807, 2.05) is 13.0 Å². The number of anilines is 1. The molecular formula is C23H26ClN5O4. The van der Waals surface area contributed by atoms with Gasteiger partial charge in [-0.3, -0.25) is 14.6 Å². The van der Waals surface area contributed by atoms with Crippen molar-refractivity contribution in [2.24, 2.45) is 10.8 Å². The lowest BCUT2D eigenvalue weighted by Crippen LogP contribution is -2.44. The van der Waals surface area contributed by atoms with E-state index in [0.717, 1.165) is 10.9 Å². The fraction of sp³-hybridized carbons (Fsp3) is 0.217. The Kier molecular flexibility index (Phi) is 9.59. The van der Waals surface area contributed by atoms with Gasteiger partial charge >= 0.3 is 5.63 Å². The predicted octanol–water partition coefficient (Wildman–Crippen LogP) is 2.53. The van der Waals surface area contributed by atoms with Crippen LogP contribution in [0.2, 0.25) is 0 Å². The number of amides is 2. The smallest absolute Gasteiger partial charge is 0.336 e. The van der Waals surface area contributed by atoms with Gasteiger partial charge in [-0.2, -0.15) is 0 Å². The first-order valence-electron chi connectivity index (χ1n) is 10.1. The number of carbonyl (C=O) groups excluding carboxylic acids is 2. The van der Waals surface area contributed by atoms with Gasteiger partial charge in [0, 0.05) is 35.3 Å². The molecule has 2 aromatic carbocycles. The predicted molar refractivity (Wildman–Crippen MR) is 131 cm³/mol. The summed E-state index contributed by atoms with van der Waals surface area (Å²) in [5.41, 5.74) is 3.94. The fourth-order valence-corrected chi connectivity index (χ4v) is 3.24. The molecule has 0 fully saturated rings. The molecule has 0 aliphatic rings. The number of hydrogen-bond donors (Lipinski definition) is 4. The number of aliphatic imine (C=N–C) groups is 1. The number of carbonyl (C=O) groups is 2. The van der Waals surface area contributed by atoms with E-state index in [9.17, 15) is 14.4 Å². The van der Waals surface area contributed by atoms with Gasteiger partial charge in [0.25, 0.3) is 5.91 Å². The van der Waals surface area contributed by atoms with E-state index in [0.29, 0.717) is 36.2 Å². The second-order valence-corrected chi connectivity index (χ2v) is 7.18. The number of hydrogen-bond acceptors (Lipinski definition) is 6. The van der Waals surface area contributed by atoms with E-state index >= 15 is 0 Å². The summed E-state index contributed by atoms with van der Waals surface area (Å²) in [5, 5.41) is 6.36. The molecule has 1 heterocycles. The molecule has 0 bridgehead atoms. The maximum absolute atomic E-state index is 13.0. The molecule has 1 aromatic heterocycles. The number of nitrogens with two attached hydrogens (primary N) is 1. The van der Waals surface area contributed by atoms with Crippen molar-refractivity contribution in [3.05, 3.63) is 76.1 Å². The van der Waals surface area contributed by atoms with Crippen molar-refractivity contribution in [2.45, 2.75) is 25.8 Å². The summed E-state index contributed by atoms with van der Waals surface area (Å²) in [4.78, 5) is 41.3. The second kappa shape index (κ2) is 12.4. The molecule has 3 rings (SSSR count). The van der Waals surface area contributed by atoms with Crippen LogP contribution in [0.25, 0.3) is 11.0 Å². The molecule has 5 N–H and O–H groups in total. The average Bonchev–Trinajstić information content (AvgIpc) is 2.78. The number of nitrogens with zero attached hydrogens (tertiary/aromatic N) is 1. The summed E-state index contributed by atoms with van der Waals surface area (Å²) in [6, 6.07) is 14.4. The van der Waals surface area contributed by atoms with Crippen LogP contribution in [-0.4, -0.2) is 30.7 Å². The molecule has 1 unspecified atom stereocenters. The van der Waals surface area contributed by atoms with Crippen molar-refractivity contribution < 1.29 is 14.0 Å². The lowest BCUT2D eigenvalue weighted by atomic mass is 10.1. The molecule has 174 valence electrons. The summed E-state index contributed by atoms with van der Waals surface area (Å²) < 4.78 is 5.24. The van der Waals surface area contributed by atoms with Crippen molar-refractivity contribution in [3.8, 4) is 0 Å². The highest BCUT2D eigenvalue weighted by Crippen LogP contribution is 2.21. The zero-order valence-electron chi connectivity index (χ0n) is 18.0. The van der Waals surface area contributed by atoms with E-state index in [2.05, 4.69) is 21.1 Å². The normalized spacial score (nSPS) is 11.6. The number of benzene rings is 2. The minimum absolute atomic E-state index is 0. The number of halogens is 1. The van der Waals surface area contributed by atoms with Crippen molar-refractivity contribution in [3.63, 3.8) is 0 Å². The summed E-state index contributed by atoms with van der Waals surface area (Å²) in [6.07, 6.45) is 2.29. The number of nitrogens with one attached hydrogen (secondary N) is 3. The van der Waals surface area contributed by atoms with Crippen LogP contribution in [0, 0.1) is 6.92 Å². The van der Waals surface area contributed by atoms with Gasteiger partial charge in [0.05, 0.1) is 6.34 Å². The van der Waals surface area contributed by atoms with Gasteiger partial charge in [0.15, 0.2) is 0 Å². The van der Waals surface area contributed by atoms with Crippen LogP contribution in [0.4, 0.5) is 5.69 Å². The zero-order chi connectivity index (χ0) is 22.9. The molecular weight excluding hydrogens is 446 g/mol. The van der Waals surface area contributed by atoms with Gasteiger partial charge in [0.2, 0.25) is 5.91 Å². The Balaban J connectivity index is 0.00000385. The van der Waals surface area contributed by atoms with Crippen LogP contribution < -0.4 is 27.5 Å². The number of fused-ring (bicyclic) bond motifs is 1. The highest BCUT2D eigenvalue weighted by Gasteiger charge is 2.21. The Bertz CT molecular complexity index is 1180. The molecule has 0 saturated heterocycles. The highest BCUT2D eigenvalue weighted by molar-refractivity contribution is 6.01. The van der Waals surface area contributed by atoms with E-state index in [1.165, 1.54) is 12.4 Å².